The summed E-state index contributed by atoms with van der Waals surface area (Å²) in [6.07, 6.45) is 2.48. The van der Waals surface area contributed by atoms with Gasteiger partial charge in [-0.1, -0.05) is 6.92 Å². The van der Waals surface area contributed by atoms with Crippen LogP contribution in [0.5, 0.6) is 0 Å². The number of hydrogen-bond donors (Lipinski definition) is 2. The number of pyridine rings is 1. The fourth-order valence-electron chi connectivity index (χ4n) is 1.75. The summed E-state index contributed by atoms with van der Waals surface area (Å²) in [5.74, 6) is 1.37. The topological polar surface area (TPSA) is 76.7 Å². The smallest absolute Gasteiger partial charge is 0.129 e. The van der Waals surface area contributed by atoms with E-state index in [4.69, 9.17) is 5.73 Å². The van der Waals surface area contributed by atoms with Crippen molar-refractivity contribution in [3.05, 3.63) is 41.5 Å². The number of hydrogen-bond acceptors (Lipinski definition) is 5. The molecule has 0 radical (unpaired) electrons. The molecule has 94 valence electrons. The lowest BCUT2D eigenvalue weighted by Crippen LogP contribution is -2.04. The second kappa shape index (κ2) is 5.44. The van der Waals surface area contributed by atoms with Gasteiger partial charge in [0.15, 0.2) is 0 Å². The van der Waals surface area contributed by atoms with Gasteiger partial charge >= 0.3 is 0 Å². The van der Waals surface area contributed by atoms with Crippen molar-refractivity contribution in [2.45, 2.75) is 26.8 Å². The number of aromatic nitrogens is 3. The average molecular weight is 243 g/mol. The highest BCUT2D eigenvalue weighted by Crippen LogP contribution is 2.10. The van der Waals surface area contributed by atoms with Crippen molar-refractivity contribution in [1.29, 1.82) is 0 Å². The van der Waals surface area contributed by atoms with Crippen LogP contribution < -0.4 is 11.1 Å². The van der Waals surface area contributed by atoms with E-state index in [0.29, 0.717) is 12.4 Å². The fourth-order valence-corrected chi connectivity index (χ4v) is 1.75. The predicted octanol–water partition coefficient (Wildman–Crippen LogP) is 1.94. The molecule has 3 N–H and O–H groups in total. The molecule has 0 saturated heterocycles. The Morgan fingerprint density at radius 3 is 2.78 bits per heavy atom. The third kappa shape index (κ3) is 3.16. The summed E-state index contributed by atoms with van der Waals surface area (Å²) in [5, 5.41) is 3.26. The molecular weight excluding hydrogens is 226 g/mol. The van der Waals surface area contributed by atoms with Gasteiger partial charge < -0.3 is 11.1 Å². The minimum atomic E-state index is 0.545. The molecule has 0 spiro atoms. The Bertz CT molecular complexity index is 518. The predicted molar refractivity (Wildman–Crippen MR) is 72.1 cm³/mol. The zero-order valence-corrected chi connectivity index (χ0v) is 10.6. The molecule has 0 unspecified atom stereocenters. The molecule has 2 rings (SSSR count). The van der Waals surface area contributed by atoms with Gasteiger partial charge in [-0.2, -0.15) is 0 Å². The first-order valence-corrected chi connectivity index (χ1v) is 5.95. The normalized spacial score (nSPS) is 10.3. The van der Waals surface area contributed by atoms with Gasteiger partial charge in [0.1, 0.15) is 18.0 Å². The monoisotopic (exact) mass is 243 g/mol. The summed E-state index contributed by atoms with van der Waals surface area (Å²) in [5.41, 5.74) is 8.75. The maximum Gasteiger partial charge on any atom is 0.129 e. The molecular formula is C13H17N5. The van der Waals surface area contributed by atoms with Crippen molar-refractivity contribution in [2.75, 3.05) is 11.1 Å². The molecule has 0 aliphatic heterocycles. The molecule has 2 aromatic rings. The Morgan fingerprint density at radius 1 is 1.22 bits per heavy atom. The van der Waals surface area contributed by atoms with Crippen LogP contribution in [0, 0.1) is 6.92 Å². The van der Waals surface area contributed by atoms with Gasteiger partial charge in [0.25, 0.3) is 0 Å². The van der Waals surface area contributed by atoms with Gasteiger partial charge in [-0.25, -0.2) is 15.0 Å². The summed E-state index contributed by atoms with van der Waals surface area (Å²) in [6, 6.07) is 5.82. The number of nitrogens with two attached hydrogens (primary N) is 1. The molecule has 0 atom stereocenters. The van der Waals surface area contributed by atoms with E-state index in [2.05, 4.69) is 27.2 Å². The van der Waals surface area contributed by atoms with E-state index >= 15 is 0 Å². The Balaban J connectivity index is 2.06. The molecule has 0 saturated carbocycles. The molecule has 18 heavy (non-hydrogen) atoms. The first kappa shape index (κ1) is 12.3. The van der Waals surface area contributed by atoms with E-state index in [9.17, 15) is 0 Å². The van der Waals surface area contributed by atoms with Gasteiger partial charge in [0.2, 0.25) is 0 Å². The zero-order chi connectivity index (χ0) is 13.0. The quantitative estimate of drug-likeness (QED) is 0.858. The number of nitrogen functional groups attached to an aromatic ring is 1. The van der Waals surface area contributed by atoms with Crippen molar-refractivity contribution in [1.82, 2.24) is 15.0 Å². The molecule has 0 aliphatic carbocycles. The van der Waals surface area contributed by atoms with E-state index < -0.39 is 0 Å². The van der Waals surface area contributed by atoms with Crippen LogP contribution in [-0.2, 0) is 13.0 Å². The Hall–Kier alpha value is -2.17. The standard InChI is InChI=1S/C13H17N5/c1-3-11-6-13(17-8-16-11)15-7-10-4-9(2)18-12(14)5-10/h4-6,8H,3,7H2,1-2H3,(H2,14,18)(H,15,16,17). The highest BCUT2D eigenvalue weighted by Gasteiger charge is 2.00. The summed E-state index contributed by atoms with van der Waals surface area (Å²) < 4.78 is 0. The number of aryl methyl sites for hydroxylation is 2. The van der Waals surface area contributed by atoms with Crippen LogP contribution in [-0.4, -0.2) is 15.0 Å². The van der Waals surface area contributed by atoms with E-state index in [-0.39, 0.29) is 0 Å². The van der Waals surface area contributed by atoms with Crippen LogP contribution >= 0.6 is 0 Å². The Labute approximate surface area is 106 Å². The van der Waals surface area contributed by atoms with Crippen molar-refractivity contribution in [2.24, 2.45) is 0 Å². The first-order chi connectivity index (χ1) is 8.67. The van der Waals surface area contributed by atoms with Crippen molar-refractivity contribution in [3.8, 4) is 0 Å². The average Bonchev–Trinajstić information content (AvgIpc) is 2.35. The van der Waals surface area contributed by atoms with Crippen LogP contribution in [0.1, 0.15) is 23.9 Å². The number of rotatable bonds is 4. The lowest BCUT2D eigenvalue weighted by atomic mass is 10.2. The van der Waals surface area contributed by atoms with Crippen molar-refractivity contribution >= 4 is 11.6 Å². The van der Waals surface area contributed by atoms with E-state index in [1.807, 2.05) is 25.1 Å². The summed E-state index contributed by atoms with van der Waals surface area (Å²) in [6.45, 7) is 4.67. The highest BCUT2D eigenvalue weighted by atomic mass is 15.0. The second-order valence-electron chi connectivity index (χ2n) is 4.14. The maximum absolute atomic E-state index is 5.71. The zero-order valence-electron chi connectivity index (χ0n) is 10.6. The number of nitrogens with one attached hydrogen (secondary N) is 1. The fraction of sp³-hybridized carbons (Fsp3) is 0.308. The van der Waals surface area contributed by atoms with Crippen LogP contribution in [0.25, 0.3) is 0 Å². The summed E-state index contributed by atoms with van der Waals surface area (Å²) in [7, 11) is 0. The number of anilines is 2. The molecule has 0 amide bonds. The molecule has 0 aliphatic rings. The third-order valence-corrected chi connectivity index (χ3v) is 2.59. The molecule has 2 aromatic heterocycles. The molecule has 5 nitrogen and oxygen atoms in total. The molecule has 5 heteroatoms. The largest absolute Gasteiger partial charge is 0.384 e. The minimum Gasteiger partial charge on any atom is -0.384 e. The van der Waals surface area contributed by atoms with Crippen LogP contribution in [0.2, 0.25) is 0 Å². The number of nitrogens with zero attached hydrogens (tertiary/aromatic N) is 3. The first-order valence-electron chi connectivity index (χ1n) is 5.95. The summed E-state index contributed by atoms with van der Waals surface area (Å²) >= 11 is 0. The maximum atomic E-state index is 5.71. The molecule has 0 fully saturated rings. The summed E-state index contributed by atoms with van der Waals surface area (Å²) in [4.78, 5) is 12.5. The van der Waals surface area contributed by atoms with Crippen molar-refractivity contribution in [3.63, 3.8) is 0 Å². The van der Waals surface area contributed by atoms with Crippen LogP contribution in [0.15, 0.2) is 24.5 Å². The second-order valence-corrected chi connectivity index (χ2v) is 4.14. The Morgan fingerprint density at radius 2 is 2.06 bits per heavy atom. The minimum absolute atomic E-state index is 0.545. The van der Waals surface area contributed by atoms with Crippen molar-refractivity contribution < 1.29 is 0 Å². The molecule has 0 aromatic carbocycles. The third-order valence-electron chi connectivity index (χ3n) is 2.59. The Kier molecular flexibility index (Phi) is 3.72. The SMILES string of the molecule is CCc1cc(NCc2cc(C)nc(N)c2)ncn1. The lowest BCUT2D eigenvalue weighted by Gasteiger charge is -2.07. The molecule has 2 heterocycles. The van der Waals surface area contributed by atoms with E-state index in [0.717, 1.165) is 29.2 Å². The highest BCUT2D eigenvalue weighted by molar-refractivity contribution is 5.39. The molecule has 0 bridgehead atoms. The van der Waals surface area contributed by atoms with E-state index in [1.165, 1.54) is 0 Å². The van der Waals surface area contributed by atoms with Crippen LogP contribution in [0.3, 0.4) is 0 Å². The van der Waals surface area contributed by atoms with Crippen LogP contribution in [0.4, 0.5) is 11.6 Å². The lowest BCUT2D eigenvalue weighted by molar-refractivity contribution is 0.985. The van der Waals surface area contributed by atoms with Gasteiger partial charge in [-0.05, 0) is 31.0 Å². The van der Waals surface area contributed by atoms with Gasteiger partial charge in [0.05, 0.1) is 0 Å². The van der Waals surface area contributed by atoms with Gasteiger partial charge in [-0.3, -0.25) is 0 Å². The van der Waals surface area contributed by atoms with Gasteiger partial charge in [-0.15, -0.1) is 0 Å². The van der Waals surface area contributed by atoms with E-state index in [1.54, 1.807) is 6.33 Å². The van der Waals surface area contributed by atoms with Gasteiger partial charge in [0, 0.05) is 24.0 Å².